The van der Waals surface area contributed by atoms with Gasteiger partial charge in [-0.25, -0.2) is 0 Å². The average Bonchev–Trinajstić information content (AvgIpc) is 2.96. The second kappa shape index (κ2) is 9.72. The van der Waals surface area contributed by atoms with Crippen LogP contribution in [0.5, 0.6) is 11.5 Å². The molecule has 2 aliphatic heterocycles. The molecule has 2 N–H and O–H groups in total. The molecule has 1 fully saturated rings. The van der Waals surface area contributed by atoms with Crippen molar-refractivity contribution in [2.75, 3.05) is 32.3 Å². The van der Waals surface area contributed by atoms with Gasteiger partial charge in [0, 0.05) is 10.0 Å². The summed E-state index contributed by atoms with van der Waals surface area (Å²) in [7, 11) is 3.32. The zero-order chi connectivity index (χ0) is 25.4. The standard InChI is InChI=1S/C27H28BrN3O5/c1-16(29-2)25(32)30-24-26(33)31(21-6-4-5-7-23(21)36-27(24)14-35-15-27)13-20-19-10-9-18(28)12-17(19)8-11-22(20)34-3/h4-12,16,24,29H,13-15H2,1-3H3,(H,30,32)/t16-,24-/m0/s1. The summed E-state index contributed by atoms with van der Waals surface area (Å²) in [5.41, 5.74) is 0.502. The topological polar surface area (TPSA) is 89.1 Å². The smallest absolute Gasteiger partial charge is 0.254 e. The number of para-hydroxylation sites is 2. The highest BCUT2D eigenvalue weighted by molar-refractivity contribution is 9.10. The normalized spacial score (nSPS) is 19.2. The fraction of sp³-hybridized carbons (Fsp3) is 0.333. The Morgan fingerprint density at radius 2 is 2.00 bits per heavy atom. The van der Waals surface area contributed by atoms with Gasteiger partial charge >= 0.3 is 0 Å². The maximum atomic E-state index is 14.3. The lowest BCUT2D eigenvalue weighted by molar-refractivity contribution is -0.181. The maximum Gasteiger partial charge on any atom is 0.254 e. The SMILES string of the molecule is CN[C@@H](C)C(=O)N[C@H]1C(=O)N(Cc2c(OC)ccc3cc(Br)ccc23)c2ccccc2OC12COC2. The van der Waals surface area contributed by atoms with Crippen molar-refractivity contribution in [1.29, 1.82) is 0 Å². The molecule has 36 heavy (non-hydrogen) atoms. The number of amides is 2. The minimum atomic E-state index is -0.987. The number of carbonyl (C=O) groups excluding carboxylic acids is 2. The van der Waals surface area contributed by atoms with Crippen LogP contribution in [-0.2, 0) is 20.9 Å². The van der Waals surface area contributed by atoms with Gasteiger partial charge in [-0.05, 0) is 55.1 Å². The molecule has 188 valence electrons. The number of rotatable bonds is 6. The summed E-state index contributed by atoms with van der Waals surface area (Å²) in [6.45, 7) is 2.37. The minimum Gasteiger partial charge on any atom is -0.496 e. The predicted octanol–water partition coefficient (Wildman–Crippen LogP) is 3.40. The number of nitrogens with zero attached hydrogens (tertiary/aromatic N) is 1. The van der Waals surface area contributed by atoms with Crippen LogP contribution in [0.4, 0.5) is 5.69 Å². The van der Waals surface area contributed by atoms with Crippen molar-refractivity contribution in [3.63, 3.8) is 0 Å². The van der Waals surface area contributed by atoms with Crippen molar-refractivity contribution < 1.29 is 23.8 Å². The first-order valence-corrected chi connectivity index (χ1v) is 12.6. The third-order valence-electron chi connectivity index (χ3n) is 6.90. The van der Waals surface area contributed by atoms with E-state index in [1.807, 2.05) is 54.6 Å². The minimum absolute atomic E-state index is 0.200. The highest BCUT2D eigenvalue weighted by atomic mass is 79.9. The van der Waals surface area contributed by atoms with E-state index >= 15 is 0 Å². The first-order valence-electron chi connectivity index (χ1n) is 11.8. The number of ether oxygens (including phenoxy) is 3. The molecule has 3 aromatic carbocycles. The van der Waals surface area contributed by atoms with Crippen molar-refractivity contribution >= 4 is 44.2 Å². The second-order valence-electron chi connectivity index (χ2n) is 9.12. The van der Waals surface area contributed by atoms with Gasteiger partial charge in [-0.2, -0.15) is 0 Å². The van der Waals surface area contributed by atoms with Crippen molar-refractivity contribution in [2.24, 2.45) is 0 Å². The van der Waals surface area contributed by atoms with Crippen LogP contribution in [-0.4, -0.2) is 56.9 Å². The number of hydrogen-bond acceptors (Lipinski definition) is 6. The van der Waals surface area contributed by atoms with E-state index in [-0.39, 0.29) is 31.6 Å². The van der Waals surface area contributed by atoms with E-state index in [1.165, 1.54) is 0 Å². The largest absolute Gasteiger partial charge is 0.496 e. The number of anilines is 1. The van der Waals surface area contributed by atoms with Gasteiger partial charge in [0.1, 0.15) is 11.5 Å². The number of benzene rings is 3. The third-order valence-corrected chi connectivity index (χ3v) is 7.39. The zero-order valence-electron chi connectivity index (χ0n) is 20.3. The fourth-order valence-corrected chi connectivity index (χ4v) is 5.06. The summed E-state index contributed by atoms with van der Waals surface area (Å²) in [4.78, 5) is 28.8. The van der Waals surface area contributed by atoms with Gasteiger partial charge in [-0.15, -0.1) is 0 Å². The highest BCUT2D eigenvalue weighted by Crippen LogP contribution is 2.42. The number of methoxy groups -OCH3 is 1. The molecule has 1 saturated heterocycles. The Morgan fingerprint density at radius 1 is 1.22 bits per heavy atom. The Balaban J connectivity index is 1.62. The lowest BCUT2D eigenvalue weighted by Gasteiger charge is -2.45. The number of hydrogen-bond donors (Lipinski definition) is 2. The summed E-state index contributed by atoms with van der Waals surface area (Å²) in [5, 5.41) is 7.86. The first kappa shape index (κ1) is 24.5. The molecule has 0 bridgehead atoms. The highest BCUT2D eigenvalue weighted by Gasteiger charge is 2.56. The molecular weight excluding hydrogens is 526 g/mol. The van der Waals surface area contributed by atoms with E-state index in [4.69, 9.17) is 14.2 Å². The predicted molar refractivity (Wildman–Crippen MR) is 140 cm³/mol. The van der Waals surface area contributed by atoms with Gasteiger partial charge in [-0.1, -0.05) is 40.2 Å². The lowest BCUT2D eigenvalue weighted by atomic mass is 9.90. The summed E-state index contributed by atoms with van der Waals surface area (Å²) in [6.07, 6.45) is 0. The van der Waals surface area contributed by atoms with E-state index in [0.29, 0.717) is 17.2 Å². The van der Waals surface area contributed by atoms with Crippen molar-refractivity contribution in [2.45, 2.75) is 31.2 Å². The second-order valence-corrected chi connectivity index (χ2v) is 10.0. The molecule has 3 aromatic rings. The van der Waals surface area contributed by atoms with E-state index in [1.54, 1.807) is 26.0 Å². The van der Waals surface area contributed by atoms with Crippen LogP contribution in [0, 0.1) is 0 Å². The van der Waals surface area contributed by atoms with Crippen LogP contribution in [0.3, 0.4) is 0 Å². The Hall–Kier alpha value is -3.14. The zero-order valence-corrected chi connectivity index (χ0v) is 21.9. The van der Waals surface area contributed by atoms with Crippen LogP contribution in [0.2, 0.25) is 0 Å². The van der Waals surface area contributed by atoms with Gasteiger partial charge in [0.05, 0.1) is 38.6 Å². The molecule has 2 amide bonds. The van der Waals surface area contributed by atoms with Gasteiger partial charge in [0.15, 0.2) is 11.6 Å². The average molecular weight is 554 g/mol. The van der Waals surface area contributed by atoms with Crippen molar-refractivity contribution in [3.05, 3.63) is 64.6 Å². The molecule has 0 saturated carbocycles. The molecule has 0 aliphatic carbocycles. The fourth-order valence-electron chi connectivity index (χ4n) is 4.69. The summed E-state index contributed by atoms with van der Waals surface area (Å²) < 4.78 is 18.6. The van der Waals surface area contributed by atoms with Crippen LogP contribution in [0.1, 0.15) is 12.5 Å². The quantitative estimate of drug-likeness (QED) is 0.486. The van der Waals surface area contributed by atoms with E-state index in [9.17, 15) is 9.59 Å². The number of likely N-dealkylation sites (N-methyl/N-ethyl adjacent to an activating group) is 1. The lowest BCUT2D eigenvalue weighted by Crippen LogP contribution is -2.71. The Morgan fingerprint density at radius 3 is 2.69 bits per heavy atom. The molecule has 0 unspecified atom stereocenters. The number of fused-ring (bicyclic) bond motifs is 2. The number of halogens is 1. The molecule has 2 heterocycles. The Kier molecular flexibility index (Phi) is 6.63. The molecule has 0 radical (unpaired) electrons. The van der Waals surface area contributed by atoms with E-state index in [2.05, 4.69) is 26.6 Å². The van der Waals surface area contributed by atoms with Crippen LogP contribution in [0.25, 0.3) is 10.8 Å². The molecule has 1 spiro atoms. The van der Waals surface area contributed by atoms with Gasteiger partial charge in [0.25, 0.3) is 5.91 Å². The third kappa shape index (κ3) is 4.21. The number of carbonyl (C=O) groups is 2. The molecule has 0 aromatic heterocycles. The molecular formula is C27H28BrN3O5. The van der Waals surface area contributed by atoms with E-state index < -0.39 is 17.7 Å². The van der Waals surface area contributed by atoms with Gasteiger partial charge < -0.3 is 29.7 Å². The summed E-state index contributed by atoms with van der Waals surface area (Å²) in [6, 6.07) is 15.9. The molecule has 2 aliphatic rings. The molecule has 2 atom stereocenters. The first-order chi connectivity index (χ1) is 17.4. The van der Waals surface area contributed by atoms with Crippen LogP contribution < -0.4 is 25.0 Å². The van der Waals surface area contributed by atoms with Crippen LogP contribution in [0.15, 0.2) is 59.1 Å². The van der Waals surface area contributed by atoms with Gasteiger partial charge in [-0.3, -0.25) is 9.59 Å². The summed E-state index contributed by atoms with van der Waals surface area (Å²) >= 11 is 3.54. The maximum absolute atomic E-state index is 14.3. The molecule has 8 nitrogen and oxygen atoms in total. The van der Waals surface area contributed by atoms with E-state index in [0.717, 1.165) is 20.8 Å². The monoisotopic (exact) mass is 553 g/mol. The van der Waals surface area contributed by atoms with Crippen molar-refractivity contribution in [3.8, 4) is 11.5 Å². The number of nitrogens with one attached hydrogen (secondary N) is 2. The Labute approximate surface area is 218 Å². The Bertz CT molecular complexity index is 1330. The molecule has 9 heteroatoms. The van der Waals surface area contributed by atoms with Gasteiger partial charge in [0.2, 0.25) is 5.91 Å². The molecule has 5 rings (SSSR count). The summed E-state index contributed by atoms with van der Waals surface area (Å²) in [5.74, 6) is 0.682. The van der Waals surface area contributed by atoms with Crippen molar-refractivity contribution in [1.82, 2.24) is 10.6 Å². The van der Waals surface area contributed by atoms with Crippen LogP contribution >= 0.6 is 15.9 Å².